The standard InChI is InChI=1S/C14H17NO3/c1-9-5-11(17-2)3-4-13(9)14(16)15-7-12-6-10(15)8-18-12/h3-5,10,12H,6-8H2,1-2H3. The third-order valence-electron chi connectivity index (χ3n) is 3.83. The Balaban J connectivity index is 1.84. The smallest absolute Gasteiger partial charge is 0.254 e. The molecule has 2 heterocycles. The molecule has 1 amide bonds. The van der Waals surface area contributed by atoms with Crippen LogP contribution in [0.5, 0.6) is 5.75 Å². The molecule has 0 aromatic heterocycles. The summed E-state index contributed by atoms with van der Waals surface area (Å²) in [6.07, 6.45) is 1.23. The summed E-state index contributed by atoms with van der Waals surface area (Å²) in [5, 5.41) is 0. The van der Waals surface area contributed by atoms with Crippen LogP contribution >= 0.6 is 0 Å². The summed E-state index contributed by atoms with van der Waals surface area (Å²) in [5.41, 5.74) is 1.73. The number of methoxy groups -OCH3 is 1. The van der Waals surface area contributed by atoms with Gasteiger partial charge in [-0.15, -0.1) is 0 Å². The zero-order valence-corrected chi connectivity index (χ0v) is 10.7. The Bertz CT molecular complexity index is 486. The molecular weight excluding hydrogens is 230 g/mol. The number of ether oxygens (including phenoxy) is 2. The van der Waals surface area contributed by atoms with Crippen LogP contribution in [0.2, 0.25) is 0 Å². The van der Waals surface area contributed by atoms with Gasteiger partial charge >= 0.3 is 0 Å². The van der Waals surface area contributed by atoms with Crippen molar-refractivity contribution in [3.05, 3.63) is 29.3 Å². The number of fused-ring (bicyclic) bond motifs is 2. The van der Waals surface area contributed by atoms with Crippen LogP contribution in [-0.2, 0) is 4.74 Å². The van der Waals surface area contributed by atoms with Crippen LogP contribution in [-0.4, -0.2) is 43.2 Å². The fraction of sp³-hybridized carbons (Fsp3) is 0.500. The summed E-state index contributed by atoms with van der Waals surface area (Å²) in [7, 11) is 1.63. The SMILES string of the molecule is COc1ccc(C(=O)N2CC3CC2CO3)c(C)c1. The van der Waals surface area contributed by atoms with Crippen molar-refractivity contribution < 1.29 is 14.3 Å². The number of carbonyl (C=O) groups is 1. The van der Waals surface area contributed by atoms with Gasteiger partial charge in [0.1, 0.15) is 5.75 Å². The van der Waals surface area contributed by atoms with Gasteiger partial charge in [0, 0.05) is 12.1 Å². The van der Waals surface area contributed by atoms with E-state index in [1.165, 1.54) is 0 Å². The number of amides is 1. The molecule has 2 fully saturated rings. The monoisotopic (exact) mass is 247 g/mol. The van der Waals surface area contributed by atoms with Crippen LogP contribution in [0, 0.1) is 6.92 Å². The van der Waals surface area contributed by atoms with Gasteiger partial charge in [0.15, 0.2) is 0 Å². The normalized spacial score (nSPS) is 25.6. The van der Waals surface area contributed by atoms with Gasteiger partial charge in [-0.1, -0.05) is 0 Å². The van der Waals surface area contributed by atoms with Crippen LogP contribution in [0.4, 0.5) is 0 Å². The number of benzene rings is 1. The van der Waals surface area contributed by atoms with Gasteiger partial charge in [-0.2, -0.15) is 0 Å². The molecule has 0 aliphatic carbocycles. The maximum atomic E-state index is 12.5. The Morgan fingerprint density at radius 3 is 2.89 bits per heavy atom. The van der Waals surface area contributed by atoms with E-state index in [0.29, 0.717) is 6.61 Å². The number of rotatable bonds is 2. The van der Waals surface area contributed by atoms with Crippen LogP contribution < -0.4 is 4.74 Å². The minimum atomic E-state index is 0.117. The molecule has 2 atom stereocenters. The average Bonchev–Trinajstić information content (AvgIpc) is 3.00. The number of nitrogens with zero attached hydrogens (tertiary/aromatic N) is 1. The topological polar surface area (TPSA) is 38.8 Å². The quantitative estimate of drug-likeness (QED) is 0.797. The molecule has 2 bridgehead atoms. The second-order valence-corrected chi connectivity index (χ2v) is 4.98. The lowest BCUT2D eigenvalue weighted by molar-refractivity contribution is 0.0258. The van der Waals surface area contributed by atoms with Crippen LogP contribution in [0.15, 0.2) is 18.2 Å². The first-order chi connectivity index (χ1) is 8.69. The molecule has 2 unspecified atom stereocenters. The van der Waals surface area contributed by atoms with E-state index in [0.717, 1.165) is 29.8 Å². The lowest BCUT2D eigenvalue weighted by Crippen LogP contribution is -2.41. The highest BCUT2D eigenvalue weighted by Gasteiger charge is 2.41. The summed E-state index contributed by atoms with van der Waals surface area (Å²) >= 11 is 0. The summed E-state index contributed by atoms with van der Waals surface area (Å²) < 4.78 is 10.7. The summed E-state index contributed by atoms with van der Waals surface area (Å²) in [6.45, 7) is 3.36. The Hall–Kier alpha value is -1.55. The molecule has 0 spiro atoms. The van der Waals surface area contributed by atoms with Crippen molar-refractivity contribution in [3.63, 3.8) is 0 Å². The van der Waals surface area contributed by atoms with Crippen molar-refractivity contribution in [2.75, 3.05) is 20.3 Å². The molecule has 0 N–H and O–H groups in total. The highest BCUT2D eigenvalue weighted by molar-refractivity contribution is 5.96. The molecule has 4 heteroatoms. The van der Waals surface area contributed by atoms with Crippen LogP contribution in [0.1, 0.15) is 22.3 Å². The van der Waals surface area contributed by atoms with Crippen LogP contribution in [0.25, 0.3) is 0 Å². The first kappa shape index (κ1) is 11.5. The maximum Gasteiger partial charge on any atom is 0.254 e. The average molecular weight is 247 g/mol. The van der Waals surface area contributed by atoms with Crippen molar-refractivity contribution >= 4 is 5.91 Å². The summed E-state index contributed by atoms with van der Waals surface area (Å²) in [5.74, 6) is 0.904. The molecule has 1 aromatic rings. The fourth-order valence-electron chi connectivity index (χ4n) is 2.81. The lowest BCUT2D eigenvalue weighted by Gasteiger charge is -2.27. The van der Waals surface area contributed by atoms with E-state index in [1.807, 2.05) is 30.0 Å². The molecule has 3 rings (SSSR count). The van der Waals surface area contributed by atoms with Crippen molar-refractivity contribution in [2.45, 2.75) is 25.5 Å². The Morgan fingerprint density at radius 2 is 2.33 bits per heavy atom. The highest BCUT2D eigenvalue weighted by Crippen LogP contribution is 2.30. The zero-order valence-electron chi connectivity index (χ0n) is 10.7. The predicted octanol–water partition coefficient (Wildman–Crippen LogP) is 1.62. The van der Waals surface area contributed by atoms with Gasteiger partial charge in [-0.05, 0) is 37.1 Å². The van der Waals surface area contributed by atoms with E-state index in [2.05, 4.69) is 0 Å². The number of aryl methyl sites for hydroxylation is 1. The summed E-state index contributed by atoms with van der Waals surface area (Å²) in [4.78, 5) is 14.4. The van der Waals surface area contributed by atoms with Crippen molar-refractivity contribution in [1.29, 1.82) is 0 Å². The molecule has 2 saturated heterocycles. The van der Waals surface area contributed by atoms with E-state index >= 15 is 0 Å². The van der Waals surface area contributed by atoms with E-state index in [1.54, 1.807) is 7.11 Å². The third-order valence-corrected chi connectivity index (χ3v) is 3.83. The second kappa shape index (κ2) is 4.28. The maximum absolute atomic E-state index is 12.5. The molecular formula is C14H17NO3. The largest absolute Gasteiger partial charge is 0.497 e. The van der Waals surface area contributed by atoms with Crippen molar-refractivity contribution in [3.8, 4) is 5.75 Å². The molecule has 1 aromatic carbocycles. The van der Waals surface area contributed by atoms with E-state index in [9.17, 15) is 4.79 Å². The number of carbonyl (C=O) groups excluding carboxylic acids is 1. The van der Waals surface area contributed by atoms with Gasteiger partial charge in [-0.3, -0.25) is 4.79 Å². The Morgan fingerprint density at radius 1 is 1.50 bits per heavy atom. The molecule has 0 saturated carbocycles. The number of hydrogen-bond donors (Lipinski definition) is 0. The highest BCUT2D eigenvalue weighted by atomic mass is 16.5. The first-order valence-corrected chi connectivity index (χ1v) is 6.26. The molecule has 18 heavy (non-hydrogen) atoms. The van der Waals surface area contributed by atoms with Gasteiger partial charge in [0.25, 0.3) is 5.91 Å². The molecule has 2 aliphatic rings. The van der Waals surface area contributed by atoms with Gasteiger partial charge in [0.2, 0.25) is 0 Å². The van der Waals surface area contributed by atoms with Crippen LogP contribution in [0.3, 0.4) is 0 Å². The zero-order chi connectivity index (χ0) is 12.7. The minimum Gasteiger partial charge on any atom is -0.497 e. The Labute approximate surface area is 106 Å². The van der Waals surface area contributed by atoms with Gasteiger partial charge in [0.05, 0.1) is 25.9 Å². The molecule has 0 radical (unpaired) electrons. The van der Waals surface area contributed by atoms with Gasteiger partial charge in [-0.25, -0.2) is 0 Å². The molecule has 4 nitrogen and oxygen atoms in total. The summed E-state index contributed by atoms with van der Waals surface area (Å²) in [6, 6.07) is 5.86. The fourth-order valence-corrected chi connectivity index (χ4v) is 2.81. The second-order valence-electron chi connectivity index (χ2n) is 4.98. The van der Waals surface area contributed by atoms with E-state index < -0.39 is 0 Å². The number of morpholine rings is 1. The van der Waals surface area contributed by atoms with Gasteiger partial charge < -0.3 is 14.4 Å². The van der Waals surface area contributed by atoms with Crippen molar-refractivity contribution in [1.82, 2.24) is 4.90 Å². The number of hydrogen-bond acceptors (Lipinski definition) is 3. The van der Waals surface area contributed by atoms with E-state index in [4.69, 9.17) is 9.47 Å². The molecule has 96 valence electrons. The third kappa shape index (κ3) is 1.77. The minimum absolute atomic E-state index is 0.117. The predicted molar refractivity (Wildman–Crippen MR) is 66.9 cm³/mol. The Kier molecular flexibility index (Phi) is 2.74. The molecule has 2 aliphatic heterocycles. The number of likely N-dealkylation sites (tertiary alicyclic amines) is 1. The lowest BCUT2D eigenvalue weighted by atomic mass is 10.1. The first-order valence-electron chi connectivity index (χ1n) is 6.26. The van der Waals surface area contributed by atoms with Crippen molar-refractivity contribution in [2.24, 2.45) is 0 Å². The van der Waals surface area contributed by atoms with E-state index in [-0.39, 0.29) is 18.1 Å².